The lowest BCUT2D eigenvalue weighted by Crippen LogP contribution is -2.31. The standard InChI is InChI=1S/C22H24N2O4/c25-19-15-11-17-18(22(28)24(21(17)27)14-9-5-2-6-10-14)12-16(15)20(26)23(19)13-7-3-1-4-8-13/h11-14H,1-10H2. The molecule has 0 radical (unpaired) electrons. The molecule has 2 aliphatic rings. The van der Waals surface area contributed by atoms with E-state index >= 15 is 0 Å². The molecular formula is C22H24N2O4. The highest BCUT2D eigenvalue weighted by Gasteiger charge is 2.26. The summed E-state index contributed by atoms with van der Waals surface area (Å²) < 4.78 is 2.74. The Morgan fingerprint density at radius 3 is 1.07 bits per heavy atom. The van der Waals surface area contributed by atoms with Crippen LogP contribution in [0, 0.1) is 0 Å². The van der Waals surface area contributed by atoms with Gasteiger partial charge in [0.15, 0.2) is 0 Å². The summed E-state index contributed by atoms with van der Waals surface area (Å²) in [6.07, 6.45) is 9.66. The monoisotopic (exact) mass is 380 g/mol. The summed E-state index contributed by atoms with van der Waals surface area (Å²) in [7, 11) is 0. The Balaban J connectivity index is 1.73. The van der Waals surface area contributed by atoms with E-state index in [9.17, 15) is 19.2 Å². The van der Waals surface area contributed by atoms with Crippen molar-refractivity contribution in [1.82, 2.24) is 9.13 Å². The summed E-state index contributed by atoms with van der Waals surface area (Å²) in [5.74, 6) is 0. The third kappa shape index (κ3) is 2.46. The molecule has 28 heavy (non-hydrogen) atoms. The van der Waals surface area contributed by atoms with Gasteiger partial charge in [-0.2, -0.15) is 0 Å². The molecule has 0 bridgehead atoms. The van der Waals surface area contributed by atoms with Crippen molar-refractivity contribution in [1.29, 1.82) is 0 Å². The molecule has 2 fully saturated rings. The number of hydrogen-bond donors (Lipinski definition) is 0. The summed E-state index contributed by atoms with van der Waals surface area (Å²) in [6.45, 7) is 0. The first-order valence-electron chi connectivity index (χ1n) is 10.5. The minimum Gasteiger partial charge on any atom is -0.271 e. The smallest absolute Gasteiger partial charge is 0.261 e. The number of hydrogen-bond acceptors (Lipinski definition) is 4. The van der Waals surface area contributed by atoms with Gasteiger partial charge in [-0.15, -0.1) is 0 Å². The Labute approximate surface area is 161 Å². The molecule has 0 N–H and O–H groups in total. The topological polar surface area (TPSA) is 78.1 Å². The zero-order chi connectivity index (χ0) is 19.4. The lowest BCUT2D eigenvalue weighted by atomic mass is 9.95. The zero-order valence-electron chi connectivity index (χ0n) is 15.9. The lowest BCUT2D eigenvalue weighted by molar-refractivity contribution is 0.344. The molecule has 5 rings (SSSR count). The maximum absolute atomic E-state index is 13.0. The Morgan fingerprint density at radius 1 is 0.500 bits per heavy atom. The Morgan fingerprint density at radius 2 is 0.786 bits per heavy atom. The predicted octanol–water partition coefficient (Wildman–Crippen LogP) is 2.92. The van der Waals surface area contributed by atoms with Crippen LogP contribution in [-0.2, 0) is 0 Å². The van der Waals surface area contributed by atoms with Gasteiger partial charge in [0.25, 0.3) is 22.2 Å². The maximum Gasteiger partial charge on any atom is 0.261 e. The summed E-state index contributed by atoms with van der Waals surface area (Å²) in [6, 6.07) is 2.86. The highest BCUT2D eigenvalue weighted by Crippen LogP contribution is 2.29. The van der Waals surface area contributed by atoms with Crippen molar-refractivity contribution < 1.29 is 0 Å². The van der Waals surface area contributed by atoms with E-state index in [1.54, 1.807) is 0 Å². The van der Waals surface area contributed by atoms with Crippen LogP contribution in [0.5, 0.6) is 0 Å². The van der Waals surface area contributed by atoms with Crippen molar-refractivity contribution in [2.45, 2.75) is 76.3 Å². The van der Waals surface area contributed by atoms with Crippen LogP contribution >= 0.6 is 0 Å². The second-order valence-electron chi connectivity index (χ2n) is 8.49. The minimum absolute atomic E-state index is 0.0684. The van der Waals surface area contributed by atoms with Crippen molar-refractivity contribution in [3.05, 3.63) is 53.5 Å². The van der Waals surface area contributed by atoms with E-state index < -0.39 is 0 Å². The summed E-state index contributed by atoms with van der Waals surface area (Å²) in [5, 5.41) is 1.11. The number of rotatable bonds is 2. The van der Waals surface area contributed by atoms with Gasteiger partial charge in [0.1, 0.15) is 0 Å². The first-order valence-corrected chi connectivity index (χ1v) is 10.5. The van der Waals surface area contributed by atoms with Gasteiger partial charge >= 0.3 is 0 Å². The Bertz CT molecular complexity index is 1090. The van der Waals surface area contributed by atoms with E-state index in [1.165, 1.54) is 21.3 Å². The van der Waals surface area contributed by atoms with Crippen molar-refractivity contribution in [3.63, 3.8) is 0 Å². The highest BCUT2D eigenvalue weighted by atomic mass is 16.2. The SMILES string of the molecule is O=c1c2cc3c(=O)n(C4CCCCC4)c(=O)c3cc2c(=O)n1C1CCCCC1. The molecule has 1 aromatic carbocycles. The first kappa shape index (κ1) is 17.6. The molecule has 0 saturated heterocycles. The molecule has 0 atom stereocenters. The van der Waals surface area contributed by atoms with Crippen LogP contribution in [0.2, 0.25) is 0 Å². The van der Waals surface area contributed by atoms with Crippen LogP contribution < -0.4 is 22.2 Å². The van der Waals surface area contributed by atoms with Crippen molar-refractivity contribution >= 4 is 21.5 Å². The molecule has 2 aliphatic carbocycles. The molecule has 0 aliphatic heterocycles. The fourth-order valence-electron chi connectivity index (χ4n) is 5.35. The van der Waals surface area contributed by atoms with Gasteiger partial charge in [-0.05, 0) is 37.8 Å². The molecule has 0 spiro atoms. The third-order valence-corrected chi connectivity index (χ3v) is 6.83. The third-order valence-electron chi connectivity index (χ3n) is 6.83. The van der Waals surface area contributed by atoms with Gasteiger partial charge in [-0.1, -0.05) is 38.5 Å². The van der Waals surface area contributed by atoms with E-state index in [2.05, 4.69) is 0 Å². The van der Waals surface area contributed by atoms with E-state index in [0.29, 0.717) is 0 Å². The van der Waals surface area contributed by atoms with Gasteiger partial charge < -0.3 is 0 Å². The van der Waals surface area contributed by atoms with E-state index in [4.69, 9.17) is 0 Å². The van der Waals surface area contributed by atoms with Gasteiger partial charge in [-0.25, -0.2) is 0 Å². The minimum atomic E-state index is -0.314. The summed E-state index contributed by atoms with van der Waals surface area (Å²) in [5.41, 5.74) is -1.26. The van der Waals surface area contributed by atoms with Gasteiger partial charge in [0.05, 0.1) is 21.5 Å². The molecule has 6 nitrogen and oxygen atoms in total. The fraction of sp³-hybridized carbons (Fsp3) is 0.545. The summed E-state index contributed by atoms with van der Waals surface area (Å²) in [4.78, 5) is 51.9. The molecule has 2 aromatic heterocycles. The quantitative estimate of drug-likeness (QED) is 0.685. The van der Waals surface area contributed by atoms with Crippen LogP contribution in [0.1, 0.15) is 76.3 Å². The number of benzene rings is 1. The lowest BCUT2D eigenvalue weighted by Gasteiger charge is -2.21. The summed E-state index contributed by atoms with van der Waals surface area (Å²) >= 11 is 0. The maximum atomic E-state index is 13.0. The molecule has 6 heteroatoms. The van der Waals surface area contributed by atoms with E-state index in [-0.39, 0.29) is 55.9 Å². The Hall–Kier alpha value is -2.50. The van der Waals surface area contributed by atoms with Gasteiger partial charge in [0, 0.05) is 12.1 Å². The predicted molar refractivity (Wildman–Crippen MR) is 109 cm³/mol. The van der Waals surface area contributed by atoms with Crippen LogP contribution in [0.15, 0.2) is 31.3 Å². The van der Waals surface area contributed by atoms with Gasteiger partial charge in [0.2, 0.25) is 0 Å². The molecular weight excluding hydrogens is 356 g/mol. The zero-order valence-corrected chi connectivity index (χ0v) is 15.9. The Kier molecular flexibility index (Phi) is 4.11. The molecule has 3 aromatic rings. The van der Waals surface area contributed by atoms with E-state index in [0.717, 1.165) is 64.2 Å². The van der Waals surface area contributed by atoms with Crippen molar-refractivity contribution in [2.75, 3.05) is 0 Å². The molecule has 0 unspecified atom stereocenters. The second kappa shape index (κ2) is 6.54. The largest absolute Gasteiger partial charge is 0.271 e. The number of nitrogens with zero attached hydrogens (tertiary/aromatic N) is 2. The second-order valence-corrected chi connectivity index (χ2v) is 8.49. The molecule has 0 amide bonds. The normalized spacial score (nSPS) is 19.7. The molecule has 146 valence electrons. The van der Waals surface area contributed by atoms with Crippen LogP contribution in [0.25, 0.3) is 21.5 Å². The van der Waals surface area contributed by atoms with E-state index in [1.807, 2.05) is 0 Å². The van der Waals surface area contributed by atoms with Gasteiger partial charge in [-0.3, -0.25) is 28.3 Å². The number of aromatic nitrogens is 2. The van der Waals surface area contributed by atoms with Crippen LogP contribution in [0.3, 0.4) is 0 Å². The van der Waals surface area contributed by atoms with Crippen LogP contribution in [-0.4, -0.2) is 9.13 Å². The number of fused-ring (bicyclic) bond motifs is 2. The van der Waals surface area contributed by atoms with Crippen molar-refractivity contribution in [2.24, 2.45) is 0 Å². The molecule has 2 saturated carbocycles. The van der Waals surface area contributed by atoms with Crippen molar-refractivity contribution in [3.8, 4) is 0 Å². The molecule has 2 heterocycles. The fourth-order valence-corrected chi connectivity index (χ4v) is 5.35. The van der Waals surface area contributed by atoms with Crippen LogP contribution in [0.4, 0.5) is 0 Å². The first-order chi connectivity index (χ1) is 13.6. The average Bonchev–Trinajstić information content (AvgIpc) is 3.12. The average molecular weight is 380 g/mol. The highest BCUT2D eigenvalue weighted by molar-refractivity contribution is 5.97.